The molecule has 2 aromatic carbocycles. The zero-order chi connectivity index (χ0) is 20.9. The molecule has 0 aliphatic carbocycles. The smallest absolute Gasteiger partial charge is 0.276 e. The SMILES string of the molecule is Cc1cc(C(=O)N2CC(C(=O)N(CCc3ccccc3)Cc3ccccc3)C2)no1. The number of aryl methyl sites for hydroxylation is 1. The van der Waals surface area contributed by atoms with Gasteiger partial charge in [0.15, 0.2) is 5.69 Å². The number of hydrogen-bond acceptors (Lipinski definition) is 4. The Morgan fingerprint density at radius 3 is 2.27 bits per heavy atom. The molecule has 0 atom stereocenters. The average Bonchev–Trinajstić information content (AvgIpc) is 3.17. The minimum atomic E-state index is -0.185. The summed E-state index contributed by atoms with van der Waals surface area (Å²) in [5.74, 6) is 0.327. The molecular formula is C24H25N3O3. The quantitative estimate of drug-likeness (QED) is 0.607. The Hall–Kier alpha value is -3.41. The van der Waals surface area contributed by atoms with Crippen LogP contribution in [0.15, 0.2) is 71.3 Å². The van der Waals surface area contributed by atoms with Crippen molar-refractivity contribution in [3.8, 4) is 0 Å². The highest BCUT2D eigenvalue weighted by Gasteiger charge is 2.38. The predicted molar refractivity (Wildman–Crippen MR) is 113 cm³/mol. The van der Waals surface area contributed by atoms with E-state index in [1.165, 1.54) is 5.56 Å². The fraction of sp³-hybridized carbons (Fsp3) is 0.292. The normalized spacial score (nSPS) is 13.7. The van der Waals surface area contributed by atoms with E-state index >= 15 is 0 Å². The van der Waals surface area contributed by atoms with Crippen LogP contribution in [-0.2, 0) is 17.8 Å². The van der Waals surface area contributed by atoms with Crippen LogP contribution in [0.5, 0.6) is 0 Å². The lowest BCUT2D eigenvalue weighted by Crippen LogP contribution is -2.56. The Morgan fingerprint density at radius 2 is 1.67 bits per heavy atom. The minimum absolute atomic E-state index is 0.0927. The van der Waals surface area contributed by atoms with E-state index in [9.17, 15) is 9.59 Å². The standard InChI is InChI=1S/C24H25N3O3/c1-18-14-22(25-30-18)24(29)27-16-21(17-27)23(28)26(15-20-10-6-3-7-11-20)13-12-19-8-4-2-5-9-19/h2-11,14,21H,12-13,15-17H2,1H3. The number of aromatic nitrogens is 1. The highest BCUT2D eigenvalue weighted by Crippen LogP contribution is 2.22. The van der Waals surface area contributed by atoms with Crippen molar-refractivity contribution in [3.63, 3.8) is 0 Å². The van der Waals surface area contributed by atoms with Gasteiger partial charge in [-0.15, -0.1) is 0 Å². The van der Waals surface area contributed by atoms with Crippen LogP contribution in [0.4, 0.5) is 0 Å². The molecule has 1 aliphatic rings. The van der Waals surface area contributed by atoms with Crippen LogP contribution in [0.25, 0.3) is 0 Å². The number of carbonyl (C=O) groups is 2. The first-order valence-corrected chi connectivity index (χ1v) is 10.2. The first kappa shape index (κ1) is 19.9. The fourth-order valence-corrected chi connectivity index (χ4v) is 3.67. The van der Waals surface area contributed by atoms with Crippen molar-refractivity contribution in [1.82, 2.24) is 15.0 Å². The van der Waals surface area contributed by atoms with Crippen molar-refractivity contribution in [2.24, 2.45) is 5.92 Å². The molecule has 1 fully saturated rings. The van der Waals surface area contributed by atoms with E-state index in [4.69, 9.17) is 4.52 Å². The van der Waals surface area contributed by atoms with E-state index in [0.29, 0.717) is 37.6 Å². The molecule has 1 aromatic heterocycles. The van der Waals surface area contributed by atoms with Crippen molar-refractivity contribution < 1.29 is 14.1 Å². The first-order valence-electron chi connectivity index (χ1n) is 10.2. The zero-order valence-corrected chi connectivity index (χ0v) is 17.0. The molecule has 154 valence electrons. The van der Waals surface area contributed by atoms with Crippen molar-refractivity contribution in [3.05, 3.63) is 89.3 Å². The largest absolute Gasteiger partial charge is 0.361 e. The number of carbonyl (C=O) groups excluding carboxylic acids is 2. The summed E-state index contributed by atoms with van der Waals surface area (Å²) in [5, 5.41) is 3.78. The number of benzene rings is 2. The van der Waals surface area contributed by atoms with Gasteiger partial charge in [-0.1, -0.05) is 65.8 Å². The molecule has 2 amide bonds. The Morgan fingerprint density at radius 1 is 1.03 bits per heavy atom. The lowest BCUT2D eigenvalue weighted by molar-refractivity contribution is -0.140. The number of likely N-dealkylation sites (tertiary alicyclic amines) is 1. The van der Waals surface area contributed by atoms with Crippen LogP contribution >= 0.6 is 0 Å². The Kier molecular flexibility index (Phi) is 5.93. The van der Waals surface area contributed by atoms with Crippen LogP contribution in [0.1, 0.15) is 27.4 Å². The van der Waals surface area contributed by atoms with Crippen molar-refractivity contribution in [2.45, 2.75) is 19.9 Å². The van der Waals surface area contributed by atoms with Gasteiger partial charge in [0.05, 0.1) is 5.92 Å². The highest BCUT2D eigenvalue weighted by atomic mass is 16.5. The molecule has 30 heavy (non-hydrogen) atoms. The summed E-state index contributed by atoms with van der Waals surface area (Å²) in [6, 6.07) is 21.8. The van der Waals surface area contributed by atoms with Gasteiger partial charge in [0.1, 0.15) is 5.76 Å². The van der Waals surface area contributed by atoms with E-state index < -0.39 is 0 Å². The Labute approximate surface area is 176 Å². The van der Waals surface area contributed by atoms with E-state index in [1.807, 2.05) is 53.4 Å². The molecular weight excluding hydrogens is 378 g/mol. The second-order valence-electron chi connectivity index (χ2n) is 7.71. The molecule has 4 rings (SSSR count). The molecule has 6 heteroatoms. The molecule has 6 nitrogen and oxygen atoms in total. The molecule has 0 N–H and O–H groups in total. The Balaban J connectivity index is 1.39. The van der Waals surface area contributed by atoms with Crippen LogP contribution in [0, 0.1) is 12.8 Å². The van der Waals surface area contributed by atoms with Gasteiger partial charge < -0.3 is 14.3 Å². The molecule has 0 radical (unpaired) electrons. The summed E-state index contributed by atoms with van der Waals surface area (Å²) < 4.78 is 4.98. The van der Waals surface area contributed by atoms with E-state index in [2.05, 4.69) is 17.3 Å². The third-order valence-corrected chi connectivity index (χ3v) is 5.41. The van der Waals surface area contributed by atoms with Crippen molar-refractivity contribution >= 4 is 11.8 Å². The Bertz CT molecular complexity index is 995. The monoisotopic (exact) mass is 403 g/mol. The molecule has 2 heterocycles. The maximum atomic E-state index is 13.2. The summed E-state index contributed by atoms with van der Waals surface area (Å²) in [6.07, 6.45) is 0.799. The van der Waals surface area contributed by atoms with Crippen molar-refractivity contribution in [1.29, 1.82) is 0 Å². The summed E-state index contributed by atoms with van der Waals surface area (Å²) in [5.41, 5.74) is 2.60. The molecule has 0 saturated carbocycles. The topological polar surface area (TPSA) is 66.7 Å². The summed E-state index contributed by atoms with van der Waals surface area (Å²) in [4.78, 5) is 29.2. The first-order chi connectivity index (χ1) is 14.6. The molecule has 3 aromatic rings. The van der Waals surface area contributed by atoms with Crippen LogP contribution < -0.4 is 0 Å². The van der Waals surface area contributed by atoms with Crippen LogP contribution in [0.2, 0.25) is 0 Å². The second-order valence-corrected chi connectivity index (χ2v) is 7.71. The summed E-state index contributed by atoms with van der Waals surface area (Å²) in [6.45, 7) is 3.80. The third-order valence-electron chi connectivity index (χ3n) is 5.41. The second kappa shape index (κ2) is 8.95. The predicted octanol–water partition coefficient (Wildman–Crippen LogP) is 3.33. The van der Waals surface area contributed by atoms with Gasteiger partial charge in [0.2, 0.25) is 5.91 Å². The number of nitrogens with zero attached hydrogens (tertiary/aromatic N) is 3. The number of amides is 2. The van der Waals surface area contributed by atoms with Gasteiger partial charge in [0, 0.05) is 32.2 Å². The number of rotatable bonds is 7. The van der Waals surface area contributed by atoms with E-state index in [1.54, 1.807) is 17.9 Å². The molecule has 1 saturated heterocycles. The van der Waals surface area contributed by atoms with E-state index in [-0.39, 0.29) is 17.7 Å². The van der Waals surface area contributed by atoms with Gasteiger partial charge in [-0.05, 0) is 24.5 Å². The van der Waals surface area contributed by atoms with Crippen molar-refractivity contribution in [2.75, 3.05) is 19.6 Å². The van der Waals surface area contributed by atoms with E-state index in [0.717, 1.165) is 12.0 Å². The lowest BCUT2D eigenvalue weighted by atomic mass is 9.97. The maximum Gasteiger partial charge on any atom is 0.276 e. The molecule has 0 unspecified atom stereocenters. The summed E-state index contributed by atoms with van der Waals surface area (Å²) >= 11 is 0. The molecule has 1 aliphatic heterocycles. The van der Waals surface area contributed by atoms with Gasteiger partial charge in [-0.2, -0.15) is 0 Å². The molecule has 0 spiro atoms. The van der Waals surface area contributed by atoms with Gasteiger partial charge in [-0.3, -0.25) is 9.59 Å². The number of hydrogen-bond donors (Lipinski definition) is 0. The average molecular weight is 403 g/mol. The van der Waals surface area contributed by atoms with Gasteiger partial charge >= 0.3 is 0 Å². The lowest BCUT2D eigenvalue weighted by Gasteiger charge is -2.40. The molecule has 0 bridgehead atoms. The van der Waals surface area contributed by atoms with Gasteiger partial charge in [0.25, 0.3) is 5.91 Å². The van der Waals surface area contributed by atoms with Crippen LogP contribution in [-0.4, -0.2) is 46.4 Å². The fourth-order valence-electron chi connectivity index (χ4n) is 3.67. The van der Waals surface area contributed by atoms with Gasteiger partial charge in [-0.25, -0.2) is 0 Å². The maximum absolute atomic E-state index is 13.2. The highest BCUT2D eigenvalue weighted by molar-refractivity contribution is 5.94. The van der Waals surface area contributed by atoms with Crippen LogP contribution in [0.3, 0.4) is 0 Å². The minimum Gasteiger partial charge on any atom is -0.361 e. The zero-order valence-electron chi connectivity index (χ0n) is 17.0. The third kappa shape index (κ3) is 4.59. The summed E-state index contributed by atoms with van der Waals surface area (Å²) in [7, 11) is 0.